The van der Waals surface area contributed by atoms with Gasteiger partial charge >= 0.3 is 5.97 Å². The van der Waals surface area contributed by atoms with Crippen LogP contribution in [-0.2, 0) is 11.2 Å². The maximum atomic E-state index is 10.6. The van der Waals surface area contributed by atoms with Gasteiger partial charge in [0.1, 0.15) is 0 Å². The molecule has 16 heavy (non-hydrogen) atoms. The number of carbonyl (C=O) groups is 1. The summed E-state index contributed by atoms with van der Waals surface area (Å²) in [6.07, 6.45) is 0.0297. The Kier molecular flexibility index (Phi) is 2.72. The molecule has 0 radical (unpaired) electrons. The molecule has 0 aliphatic rings. The van der Waals surface area contributed by atoms with Crippen molar-refractivity contribution in [2.45, 2.75) is 6.42 Å². The first-order chi connectivity index (χ1) is 7.69. The Labute approximate surface area is 92.5 Å². The molecule has 0 aliphatic carbocycles. The van der Waals surface area contributed by atoms with Gasteiger partial charge in [-0.2, -0.15) is 0 Å². The molecule has 0 amide bonds. The van der Waals surface area contributed by atoms with Gasteiger partial charge in [0.2, 0.25) is 5.88 Å². The van der Waals surface area contributed by atoms with Crippen LogP contribution in [0.4, 0.5) is 0 Å². The number of benzene rings is 1. The Balaban J connectivity index is 2.43. The number of carboxylic acid groups (broad SMARTS) is 1. The van der Waals surface area contributed by atoms with Crippen molar-refractivity contribution in [1.82, 2.24) is 4.98 Å². The second-order valence-electron chi connectivity index (χ2n) is 3.45. The van der Waals surface area contributed by atoms with Gasteiger partial charge in [-0.05, 0) is 23.8 Å². The lowest BCUT2D eigenvalue weighted by Crippen LogP contribution is -1.99. The monoisotopic (exact) mass is 217 g/mol. The minimum Gasteiger partial charge on any atom is -0.481 e. The minimum absolute atomic E-state index is 0.0297. The van der Waals surface area contributed by atoms with Crippen molar-refractivity contribution in [3.8, 4) is 5.88 Å². The van der Waals surface area contributed by atoms with E-state index in [9.17, 15) is 4.79 Å². The number of methoxy groups -OCH3 is 1. The highest BCUT2D eigenvalue weighted by molar-refractivity contribution is 5.81. The molecule has 0 fully saturated rings. The van der Waals surface area contributed by atoms with E-state index in [2.05, 4.69) is 4.98 Å². The van der Waals surface area contributed by atoms with E-state index in [1.165, 1.54) is 0 Å². The molecule has 0 aliphatic heterocycles. The third kappa shape index (κ3) is 2.11. The Hall–Kier alpha value is -2.10. The quantitative estimate of drug-likeness (QED) is 0.852. The van der Waals surface area contributed by atoms with E-state index in [4.69, 9.17) is 9.84 Å². The summed E-state index contributed by atoms with van der Waals surface area (Å²) in [5, 5.41) is 9.60. The fourth-order valence-corrected chi connectivity index (χ4v) is 1.55. The van der Waals surface area contributed by atoms with E-state index in [0.717, 1.165) is 16.5 Å². The van der Waals surface area contributed by atoms with Crippen molar-refractivity contribution < 1.29 is 14.6 Å². The number of hydrogen-bond acceptors (Lipinski definition) is 3. The number of carboxylic acids is 1. The Morgan fingerprint density at radius 2 is 2.19 bits per heavy atom. The summed E-state index contributed by atoms with van der Waals surface area (Å²) in [7, 11) is 1.56. The van der Waals surface area contributed by atoms with Gasteiger partial charge in [0.05, 0.1) is 19.0 Å². The SMILES string of the molecule is COc1ccc2cc(CC(=O)O)ccc2n1. The van der Waals surface area contributed by atoms with Gasteiger partial charge in [-0.1, -0.05) is 6.07 Å². The van der Waals surface area contributed by atoms with Gasteiger partial charge < -0.3 is 9.84 Å². The number of hydrogen-bond donors (Lipinski definition) is 1. The number of aromatic nitrogens is 1. The summed E-state index contributed by atoms with van der Waals surface area (Å²) in [5.74, 6) is -0.278. The highest BCUT2D eigenvalue weighted by Crippen LogP contribution is 2.18. The normalized spacial score (nSPS) is 10.3. The lowest BCUT2D eigenvalue weighted by atomic mass is 10.1. The summed E-state index contributed by atoms with van der Waals surface area (Å²) in [6, 6.07) is 9.02. The van der Waals surface area contributed by atoms with Gasteiger partial charge in [0.25, 0.3) is 0 Å². The van der Waals surface area contributed by atoms with Crippen molar-refractivity contribution in [2.75, 3.05) is 7.11 Å². The summed E-state index contributed by atoms with van der Waals surface area (Å²) in [5.41, 5.74) is 1.57. The number of aliphatic carboxylic acids is 1. The second-order valence-corrected chi connectivity index (χ2v) is 3.45. The van der Waals surface area contributed by atoms with Gasteiger partial charge in [-0.3, -0.25) is 4.79 Å². The van der Waals surface area contributed by atoms with Gasteiger partial charge in [-0.25, -0.2) is 4.98 Å². The third-order valence-electron chi connectivity index (χ3n) is 2.29. The minimum atomic E-state index is -0.833. The van der Waals surface area contributed by atoms with Gasteiger partial charge in [0.15, 0.2) is 0 Å². The number of pyridine rings is 1. The van der Waals surface area contributed by atoms with E-state index in [1.54, 1.807) is 25.3 Å². The van der Waals surface area contributed by atoms with Crippen LogP contribution in [0, 0.1) is 0 Å². The fraction of sp³-hybridized carbons (Fsp3) is 0.167. The molecule has 0 atom stereocenters. The lowest BCUT2D eigenvalue weighted by molar-refractivity contribution is -0.136. The first kappa shape index (κ1) is 10.4. The molecule has 0 unspecified atom stereocenters. The molecule has 0 spiro atoms. The molecule has 1 aromatic heterocycles. The zero-order valence-electron chi connectivity index (χ0n) is 8.80. The third-order valence-corrected chi connectivity index (χ3v) is 2.29. The highest BCUT2D eigenvalue weighted by Gasteiger charge is 2.03. The van der Waals surface area contributed by atoms with Gasteiger partial charge in [-0.15, -0.1) is 0 Å². The molecule has 0 saturated heterocycles. The molecule has 1 aromatic carbocycles. The van der Waals surface area contributed by atoms with E-state index in [-0.39, 0.29) is 6.42 Å². The van der Waals surface area contributed by atoms with Crippen LogP contribution in [0.15, 0.2) is 30.3 Å². The van der Waals surface area contributed by atoms with Crippen LogP contribution in [0.3, 0.4) is 0 Å². The van der Waals surface area contributed by atoms with Crippen LogP contribution in [-0.4, -0.2) is 23.2 Å². The molecular weight excluding hydrogens is 206 g/mol. The van der Waals surface area contributed by atoms with Crippen LogP contribution < -0.4 is 4.74 Å². The van der Waals surface area contributed by atoms with Crippen molar-refractivity contribution in [3.05, 3.63) is 35.9 Å². The highest BCUT2D eigenvalue weighted by atomic mass is 16.5. The summed E-state index contributed by atoms with van der Waals surface area (Å²) >= 11 is 0. The Morgan fingerprint density at radius 3 is 2.88 bits per heavy atom. The molecule has 4 nitrogen and oxygen atoms in total. The largest absolute Gasteiger partial charge is 0.481 e. The first-order valence-corrected chi connectivity index (χ1v) is 4.84. The topological polar surface area (TPSA) is 59.4 Å². The Morgan fingerprint density at radius 1 is 1.38 bits per heavy atom. The van der Waals surface area contributed by atoms with E-state index >= 15 is 0 Å². The van der Waals surface area contributed by atoms with Crippen molar-refractivity contribution in [1.29, 1.82) is 0 Å². The number of ether oxygens (including phenoxy) is 1. The molecule has 1 heterocycles. The smallest absolute Gasteiger partial charge is 0.307 e. The van der Waals surface area contributed by atoms with Crippen molar-refractivity contribution in [3.63, 3.8) is 0 Å². The first-order valence-electron chi connectivity index (χ1n) is 4.84. The molecular formula is C12H11NO3. The Bertz CT molecular complexity index is 537. The fourth-order valence-electron chi connectivity index (χ4n) is 1.55. The van der Waals surface area contributed by atoms with Crippen molar-refractivity contribution >= 4 is 16.9 Å². The maximum absolute atomic E-state index is 10.6. The molecule has 1 N–H and O–H groups in total. The molecule has 82 valence electrons. The zero-order valence-corrected chi connectivity index (χ0v) is 8.80. The van der Waals surface area contributed by atoms with Gasteiger partial charge in [0, 0.05) is 11.5 Å². The van der Waals surface area contributed by atoms with E-state index in [0.29, 0.717) is 5.88 Å². The number of fused-ring (bicyclic) bond motifs is 1. The summed E-state index contributed by atoms with van der Waals surface area (Å²) < 4.78 is 5.01. The zero-order chi connectivity index (χ0) is 11.5. The van der Waals surface area contributed by atoms with Crippen LogP contribution in [0.5, 0.6) is 5.88 Å². The average Bonchev–Trinajstić information content (AvgIpc) is 2.27. The lowest BCUT2D eigenvalue weighted by Gasteiger charge is -2.03. The molecule has 4 heteroatoms. The number of rotatable bonds is 3. The predicted octanol–water partition coefficient (Wildman–Crippen LogP) is 1.87. The standard InChI is InChI=1S/C12H11NO3/c1-16-11-5-3-9-6-8(7-12(14)15)2-4-10(9)13-11/h2-6H,7H2,1H3,(H,14,15). The van der Waals surface area contributed by atoms with Crippen LogP contribution in [0.25, 0.3) is 10.9 Å². The number of nitrogens with zero attached hydrogens (tertiary/aromatic N) is 1. The molecule has 0 saturated carbocycles. The summed E-state index contributed by atoms with van der Waals surface area (Å²) in [6.45, 7) is 0. The molecule has 0 bridgehead atoms. The molecule has 2 aromatic rings. The average molecular weight is 217 g/mol. The van der Waals surface area contributed by atoms with Crippen LogP contribution in [0.1, 0.15) is 5.56 Å². The second kappa shape index (κ2) is 4.18. The van der Waals surface area contributed by atoms with E-state index in [1.807, 2.05) is 12.1 Å². The summed E-state index contributed by atoms with van der Waals surface area (Å²) in [4.78, 5) is 14.8. The van der Waals surface area contributed by atoms with Crippen molar-refractivity contribution in [2.24, 2.45) is 0 Å². The van der Waals surface area contributed by atoms with Crippen LogP contribution >= 0.6 is 0 Å². The molecule has 2 rings (SSSR count). The maximum Gasteiger partial charge on any atom is 0.307 e. The predicted molar refractivity (Wildman–Crippen MR) is 59.6 cm³/mol. The van der Waals surface area contributed by atoms with E-state index < -0.39 is 5.97 Å². The van der Waals surface area contributed by atoms with Crippen LogP contribution in [0.2, 0.25) is 0 Å².